The van der Waals surface area contributed by atoms with E-state index in [1.807, 2.05) is 0 Å². The molecule has 2 aromatic rings. The summed E-state index contributed by atoms with van der Waals surface area (Å²) in [4.78, 5) is 3.48. The van der Waals surface area contributed by atoms with Gasteiger partial charge in [-0.05, 0) is 42.5 Å². The van der Waals surface area contributed by atoms with Crippen molar-refractivity contribution in [3.8, 4) is 0 Å². The van der Waals surface area contributed by atoms with Crippen molar-refractivity contribution in [2.24, 2.45) is 11.7 Å². The Labute approximate surface area is 103 Å². The van der Waals surface area contributed by atoms with Gasteiger partial charge in [0.2, 0.25) is 0 Å². The summed E-state index contributed by atoms with van der Waals surface area (Å²) in [5, 5.41) is 1.33. The first-order chi connectivity index (χ1) is 7.66. The maximum atomic E-state index is 6.25. The number of aromatic amines is 1. The van der Waals surface area contributed by atoms with E-state index >= 15 is 0 Å². The van der Waals surface area contributed by atoms with E-state index in [9.17, 15) is 0 Å². The molecule has 0 saturated heterocycles. The first-order valence-corrected chi connectivity index (χ1v) is 6.51. The lowest BCUT2D eigenvalue weighted by atomic mass is 9.84. The first-order valence-electron chi connectivity index (χ1n) is 5.72. The third-order valence-corrected chi connectivity index (χ3v) is 4.19. The Kier molecular flexibility index (Phi) is 2.33. The van der Waals surface area contributed by atoms with Crippen LogP contribution in [0.5, 0.6) is 0 Å². The summed E-state index contributed by atoms with van der Waals surface area (Å²) in [6.45, 7) is 2.23. The molecule has 84 valence electrons. The number of aromatic nitrogens is 1. The molecule has 1 aromatic carbocycles. The highest BCUT2D eigenvalue weighted by Crippen LogP contribution is 2.37. The summed E-state index contributed by atoms with van der Waals surface area (Å²) < 4.78 is 1.13. The van der Waals surface area contributed by atoms with Crippen molar-refractivity contribution in [2.45, 2.75) is 25.8 Å². The smallest absolute Gasteiger partial charge is 0.0477 e. The molecule has 1 heterocycles. The van der Waals surface area contributed by atoms with Crippen LogP contribution in [0.25, 0.3) is 10.9 Å². The van der Waals surface area contributed by atoms with Crippen LogP contribution >= 0.6 is 15.9 Å². The lowest BCUT2D eigenvalue weighted by Gasteiger charge is -2.25. The van der Waals surface area contributed by atoms with Crippen LogP contribution in [-0.4, -0.2) is 4.98 Å². The lowest BCUT2D eigenvalue weighted by Crippen LogP contribution is -2.25. The molecule has 3 heteroatoms. The third kappa shape index (κ3) is 1.42. The average molecular weight is 279 g/mol. The highest BCUT2D eigenvalue weighted by molar-refractivity contribution is 9.10. The van der Waals surface area contributed by atoms with E-state index in [1.165, 1.54) is 28.6 Å². The predicted octanol–water partition coefficient (Wildman–Crippen LogP) is 3.51. The fourth-order valence-corrected chi connectivity index (χ4v) is 2.99. The Balaban J connectivity index is 2.26. The molecule has 0 saturated carbocycles. The highest BCUT2D eigenvalue weighted by atomic mass is 79.9. The molecule has 3 N–H and O–H groups in total. The fraction of sp³-hybridized carbons (Fsp3) is 0.385. The van der Waals surface area contributed by atoms with E-state index in [1.54, 1.807) is 0 Å². The predicted molar refractivity (Wildman–Crippen MR) is 70.4 cm³/mol. The number of H-pyrrole nitrogens is 1. The van der Waals surface area contributed by atoms with E-state index < -0.39 is 0 Å². The summed E-state index contributed by atoms with van der Waals surface area (Å²) in [5.74, 6) is 0.573. The average Bonchev–Trinajstić information content (AvgIpc) is 2.62. The van der Waals surface area contributed by atoms with Crippen molar-refractivity contribution < 1.29 is 0 Å². The van der Waals surface area contributed by atoms with Crippen molar-refractivity contribution in [3.63, 3.8) is 0 Å². The van der Waals surface area contributed by atoms with Gasteiger partial charge in [0.15, 0.2) is 0 Å². The Morgan fingerprint density at radius 2 is 2.25 bits per heavy atom. The molecule has 0 fully saturated rings. The van der Waals surface area contributed by atoms with E-state index in [2.05, 4.69) is 46.0 Å². The number of halogens is 1. The maximum Gasteiger partial charge on any atom is 0.0477 e. The van der Waals surface area contributed by atoms with Crippen LogP contribution in [0.3, 0.4) is 0 Å². The van der Waals surface area contributed by atoms with E-state index in [0.29, 0.717) is 5.92 Å². The Hall–Kier alpha value is -0.800. The van der Waals surface area contributed by atoms with Gasteiger partial charge < -0.3 is 10.7 Å². The summed E-state index contributed by atoms with van der Waals surface area (Å²) >= 11 is 3.53. The van der Waals surface area contributed by atoms with Crippen LogP contribution in [-0.2, 0) is 6.42 Å². The molecule has 2 atom stereocenters. The van der Waals surface area contributed by atoms with Crippen LogP contribution in [0.1, 0.15) is 30.6 Å². The quantitative estimate of drug-likeness (QED) is 0.761. The molecule has 16 heavy (non-hydrogen) atoms. The van der Waals surface area contributed by atoms with E-state index in [4.69, 9.17) is 5.73 Å². The van der Waals surface area contributed by atoms with Gasteiger partial charge in [-0.25, -0.2) is 0 Å². The zero-order valence-corrected chi connectivity index (χ0v) is 10.8. The van der Waals surface area contributed by atoms with Crippen LogP contribution in [0, 0.1) is 5.92 Å². The molecule has 1 aliphatic carbocycles. The van der Waals surface area contributed by atoms with Crippen molar-refractivity contribution in [3.05, 3.63) is 33.9 Å². The molecule has 2 unspecified atom stereocenters. The van der Waals surface area contributed by atoms with Gasteiger partial charge >= 0.3 is 0 Å². The van der Waals surface area contributed by atoms with Crippen molar-refractivity contribution in [1.82, 2.24) is 4.98 Å². The minimum absolute atomic E-state index is 0.162. The van der Waals surface area contributed by atoms with Crippen LogP contribution in [0.2, 0.25) is 0 Å². The van der Waals surface area contributed by atoms with Crippen LogP contribution < -0.4 is 5.73 Å². The number of hydrogen-bond donors (Lipinski definition) is 2. The molecule has 0 bridgehead atoms. The monoisotopic (exact) mass is 278 g/mol. The van der Waals surface area contributed by atoms with Crippen molar-refractivity contribution in [2.75, 3.05) is 0 Å². The summed E-state index contributed by atoms with van der Waals surface area (Å²) in [5.41, 5.74) is 10.1. The number of nitrogens with one attached hydrogen (secondary N) is 1. The molecular formula is C13H15BrN2. The fourth-order valence-electron chi connectivity index (χ4n) is 2.63. The normalized spacial score (nSPS) is 24.7. The number of aryl methyl sites for hydroxylation is 1. The highest BCUT2D eigenvalue weighted by Gasteiger charge is 2.26. The van der Waals surface area contributed by atoms with Gasteiger partial charge in [0, 0.05) is 27.1 Å². The Morgan fingerprint density at radius 1 is 1.44 bits per heavy atom. The molecule has 1 aromatic heterocycles. The summed E-state index contributed by atoms with van der Waals surface area (Å²) in [7, 11) is 0. The van der Waals surface area contributed by atoms with Gasteiger partial charge in [-0.15, -0.1) is 0 Å². The van der Waals surface area contributed by atoms with Crippen molar-refractivity contribution >= 4 is 26.8 Å². The minimum atomic E-state index is 0.162. The zero-order chi connectivity index (χ0) is 11.3. The van der Waals surface area contributed by atoms with Gasteiger partial charge in [0.1, 0.15) is 0 Å². The second-order valence-corrected chi connectivity index (χ2v) is 5.66. The summed E-state index contributed by atoms with van der Waals surface area (Å²) in [6.07, 6.45) is 2.33. The van der Waals surface area contributed by atoms with Crippen LogP contribution in [0.15, 0.2) is 22.7 Å². The van der Waals surface area contributed by atoms with Gasteiger partial charge in [-0.1, -0.05) is 22.9 Å². The molecule has 0 radical (unpaired) electrons. The summed E-state index contributed by atoms with van der Waals surface area (Å²) in [6, 6.07) is 6.54. The Bertz CT molecular complexity index is 544. The maximum absolute atomic E-state index is 6.25. The second kappa shape index (κ2) is 3.60. The largest absolute Gasteiger partial charge is 0.357 e. The van der Waals surface area contributed by atoms with Gasteiger partial charge in [0.05, 0.1) is 0 Å². The topological polar surface area (TPSA) is 41.8 Å². The lowest BCUT2D eigenvalue weighted by molar-refractivity contribution is 0.407. The molecule has 0 spiro atoms. The molecule has 2 nitrogen and oxygen atoms in total. The van der Waals surface area contributed by atoms with Crippen LogP contribution in [0.4, 0.5) is 0 Å². The minimum Gasteiger partial charge on any atom is -0.357 e. The van der Waals surface area contributed by atoms with Gasteiger partial charge in [0.25, 0.3) is 0 Å². The number of fused-ring (bicyclic) bond motifs is 3. The SMILES string of the molecule is CC1CCc2c([nH]c3ccc(Br)cc23)C1N. The molecule has 1 aliphatic rings. The Morgan fingerprint density at radius 3 is 3.06 bits per heavy atom. The van der Waals surface area contributed by atoms with E-state index in [-0.39, 0.29) is 6.04 Å². The molecular weight excluding hydrogens is 264 g/mol. The third-order valence-electron chi connectivity index (χ3n) is 3.70. The second-order valence-electron chi connectivity index (χ2n) is 4.75. The molecule has 3 rings (SSSR count). The zero-order valence-electron chi connectivity index (χ0n) is 9.26. The van der Waals surface area contributed by atoms with Gasteiger partial charge in [-0.2, -0.15) is 0 Å². The number of benzene rings is 1. The number of rotatable bonds is 0. The van der Waals surface area contributed by atoms with Crippen molar-refractivity contribution in [1.29, 1.82) is 0 Å². The molecule has 0 aliphatic heterocycles. The standard InChI is InChI=1S/C13H15BrN2/c1-7-2-4-9-10-6-8(14)3-5-11(10)16-13(9)12(7)15/h3,5-7,12,16H,2,4,15H2,1H3. The molecule has 0 amide bonds. The number of hydrogen-bond acceptors (Lipinski definition) is 1. The number of nitrogens with two attached hydrogens (primary N) is 1. The van der Waals surface area contributed by atoms with E-state index in [0.717, 1.165) is 10.9 Å². The van der Waals surface area contributed by atoms with Gasteiger partial charge in [-0.3, -0.25) is 0 Å². The first kappa shape index (κ1) is 10.4.